The Hall–Kier alpha value is -2.47. The zero-order valence-corrected chi connectivity index (χ0v) is 13.8. The third kappa shape index (κ3) is 3.48. The fourth-order valence-electron chi connectivity index (χ4n) is 2.32. The molecule has 0 bridgehead atoms. The predicted octanol–water partition coefficient (Wildman–Crippen LogP) is 2.49. The second-order valence-electron chi connectivity index (χ2n) is 5.56. The molecule has 6 heteroatoms. The van der Waals surface area contributed by atoms with Crippen LogP contribution in [-0.4, -0.2) is 27.8 Å². The molecule has 0 saturated heterocycles. The van der Waals surface area contributed by atoms with Gasteiger partial charge in [-0.1, -0.05) is 29.8 Å². The fraction of sp³-hybridized carbons (Fsp3) is 0.235. The minimum Gasteiger partial charge on any atom is -0.338 e. The van der Waals surface area contributed by atoms with E-state index in [2.05, 4.69) is 9.97 Å². The quantitative estimate of drug-likeness (QED) is 0.800. The molecular formula is C17H17N3O2S. The second kappa shape index (κ2) is 6.34. The standard InChI is InChI=1S/C17H17N3O2S/c1-11-3-5-12(6-4-11)9-15(21)20(2)10-14-18-13-7-8-23-16(13)17(22)19-14/h3-8H,9-10H2,1-2H3,(H,18,19,22). The molecule has 5 nitrogen and oxygen atoms in total. The average Bonchev–Trinajstić information content (AvgIpc) is 2.98. The summed E-state index contributed by atoms with van der Waals surface area (Å²) in [5, 5.41) is 1.84. The van der Waals surface area contributed by atoms with Crippen LogP contribution < -0.4 is 5.56 Å². The van der Waals surface area contributed by atoms with E-state index in [4.69, 9.17) is 0 Å². The topological polar surface area (TPSA) is 66.1 Å². The first-order chi connectivity index (χ1) is 11.0. The van der Waals surface area contributed by atoms with Crippen LogP contribution in [0.2, 0.25) is 0 Å². The Morgan fingerprint density at radius 2 is 2.00 bits per heavy atom. The van der Waals surface area contributed by atoms with Crippen molar-refractivity contribution in [2.45, 2.75) is 19.9 Å². The Kier molecular flexibility index (Phi) is 4.25. The van der Waals surface area contributed by atoms with Gasteiger partial charge in [-0.2, -0.15) is 0 Å². The minimum absolute atomic E-state index is 0.0121. The lowest BCUT2D eigenvalue weighted by Gasteiger charge is -2.16. The number of H-pyrrole nitrogens is 1. The van der Waals surface area contributed by atoms with Crippen molar-refractivity contribution in [3.05, 3.63) is 63.0 Å². The van der Waals surface area contributed by atoms with Crippen LogP contribution in [0, 0.1) is 6.92 Å². The van der Waals surface area contributed by atoms with Crippen LogP contribution in [0.3, 0.4) is 0 Å². The van der Waals surface area contributed by atoms with Crippen molar-refractivity contribution in [3.8, 4) is 0 Å². The molecule has 1 amide bonds. The van der Waals surface area contributed by atoms with Crippen LogP contribution in [0.25, 0.3) is 10.2 Å². The van der Waals surface area contributed by atoms with Gasteiger partial charge in [-0.25, -0.2) is 4.98 Å². The summed E-state index contributed by atoms with van der Waals surface area (Å²) in [4.78, 5) is 33.0. The van der Waals surface area contributed by atoms with Crippen molar-refractivity contribution in [2.75, 3.05) is 7.05 Å². The fourth-order valence-corrected chi connectivity index (χ4v) is 3.05. The number of rotatable bonds is 4. The van der Waals surface area contributed by atoms with Crippen LogP contribution in [0.5, 0.6) is 0 Å². The number of aromatic amines is 1. The zero-order chi connectivity index (χ0) is 16.4. The van der Waals surface area contributed by atoms with Gasteiger partial charge in [0.25, 0.3) is 5.56 Å². The lowest BCUT2D eigenvalue weighted by Crippen LogP contribution is -2.29. The van der Waals surface area contributed by atoms with Gasteiger partial charge in [0.1, 0.15) is 10.5 Å². The van der Waals surface area contributed by atoms with Gasteiger partial charge in [0.2, 0.25) is 5.91 Å². The number of nitrogens with zero attached hydrogens (tertiary/aromatic N) is 2. The summed E-state index contributed by atoms with van der Waals surface area (Å²) in [6.07, 6.45) is 0.335. The van der Waals surface area contributed by atoms with Gasteiger partial charge in [0.15, 0.2) is 0 Å². The summed E-state index contributed by atoms with van der Waals surface area (Å²) in [7, 11) is 1.72. The molecule has 3 rings (SSSR count). The molecular weight excluding hydrogens is 310 g/mol. The Morgan fingerprint density at radius 1 is 1.26 bits per heavy atom. The maximum Gasteiger partial charge on any atom is 0.268 e. The summed E-state index contributed by atoms with van der Waals surface area (Å²) in [5.74, 6) is 0.488. The highest BCUT2D eigenvalue weighted by Crippen LogP contribution is 2.14. The van der Waals surface area contributed by atoms with E-state index in [1.165, 1.54) is 16.9 Å². The number of hydrogen-bond donors (Lipinski definition) is 1. The number of hydrogen-bond acceptors (Lipinski definition) is 4. The average molecular weight is 327 g/mol. The normalized spacial score (nSPS) is 10.9. The molecule has 23 heavy (non-hydrogen) atoms. The Balaban J connectivity index is 1.71. The maximum atomic E-state index is 12.3. The number of thiophene rings is 1. The van der Waals surface area contributed by atoms with E-state index < -0.39 is 0 Å². The lowest BCUT2D eigenvalue weighted by atomic mass is 10.1. The first-order valence-corrected chi connectivity index (χ1v) is 8.17. The molecule has 3 aromatic rings. The largest absolute Gasteiger partial charge is 0.338 e. The molecule has 2 aromatic heterocycles. The first kappa shape index (κ1) is 15.4. The highest BCUT2D eigenvalue weighted by molar-refractivity contribution is 7.17. The van der Waals surface area contributed by atoms with Gasteiger partial charge >= 0.3 is 0 Å². The second-order valence-corrected chi connectivity index (χ2v) is 6.48. The third-order valence-corrected chi connectivity index (χ3v) is 4.55. The molecule has 0 unspecified atom stereocenters. The SMILES string of the molecule is Cc1ccc(CC(=O)N(C)Cc2nc3ccsc3c(=O)[nH]2)cc1. The van der Waals surface area contributed by atoms with E-state index in [0.29, 0.717) is 22.5 Å². The molecule has 1 aromatic carbocycles. The molecule has 0 radical (unpaired) electrons. The maximum absolute atomic E-state index is 12.3. The van der Waals surface area contributed by atoms with E-state index in [1.54, 1.807) is 11.9 Å². The summed E-state index contributed by atoms with van der Waals surface area (Å²) >= 11 is 1.36. The summed E-state index contributed by atoms with van der Waals surface area (Å²) in [6, 6.07) is 9.71. The number of aryl methyl sites for hydroxylation is 1. The number of aromatic nitrogens is 2. The smallest absolute Gasteiger partial charge is 0.268 e. The van der Waals surface area contributed by atoms with Crippen molar-refractivity contribution >= 4 is 27.5 Å². The van der Waals surface area contributed by atoms with Crippen molar-refractivity contribution in [2.24, 2.45) is 0 Å². The molecule has 0 atom stereocenters. The number of carbonyl (C=O) groups excluding carboxylic acids is 1. The van der Waals surface area contributed by atoms with E-state index in [0.717, 1.165) is 5.56 Å². The lowest BCUT2D eigenvalue weighted by molar-refractivity contribution is -0.129. The van der Waals surface area contributed by atoms with Gasteiger partial charge in [-0.3, -0.25) is 9.59 Å². The monoisotopic (exact) mass is 327 g/mol. The highest BCUT2D eigenvalue weighted by Gasteiger charge is 2.13. The first-order valence-electron chi connectivity index (χ1n) is 7.29. The van der Waals surface area contributed by atoms with Crippen molar-refractivity contribution in [1.29, 1.82) is 0 Å². The van der Waals surface area contributed by atoms with Gasteiger partial charge in [-0.15, -0.1) is 11.3 Å². The summed E-state index contributed by atoms with van der Waals surface area (Å²) < 4.78 is 0.613. The van der Waals surface area contributed by atoms with E-state index in [1.807, 2.05) is 42.6 Å². The molecule has 2 heterocycles. The Labute approximate surface area is 137 Å². The van der Waals surface area contributed by atoms with E-state index in [9.17, 15) is 9.59 Å². The van der Waals surface area contributed by atoms with Crippen LogP contribution in [0.1, 0.15) is 17.0 Å². The van der Waals surface area contributed by atoms with E-state index >= 15 is 0 Å². The molecule has 0 aliphatic rings. The van der Waals surface area contributed by atoms with Crippen LogP contribution in [-0.2, 0) is 17.8 Å². The number of carbonyl (C=O) groups is 1. The Bertz CT molecular complexity index is 896. The van der Waals surface area contributed by atoms with Gasteiger partial charge < -0.3 is 9.88 Å². The molecule has 118 valence electrons. The van der Waals surface area contributed by atoms with Crippen molar-refractivity contribution in [1.82, 2.24) is 14.9 Å². The van der Waals surface area contributed by atoms with Crippen molar-refractivity contribution in [3.63, 3.8) is 0 Å². The van der Waals surface area contributed by atoms with Gasteiger partial charge in [0, 0.05) is 7.05 Å². The number of nitrogens with one attached hydrogen (secondary N) is 1. The molecule has 0 saturated carbocycles. The number of fused-ring (bicyclic) bond motifs is 1. The number of amides is 1. The van der Waals surface area contributed by atoms with Gasteiger partial charge in [-0.05, 0) is 23.9 Å². The number of likely N-dealkylation sites (N-methyl/N-ethyl adjacent to an activating group) is 1. The highest BCUT2D eigenvalue weighted by atomic mass is 32.1. The van der Waals surface area contributed by atoms with Gasteiger partial charge in [0.05, 0.1) is 18.5 Å². The van der Waals surface area contributed by atoms with Crippen LogP contribution in [0.4, 0.5) is 0 Å². The minimum atomic E-state index is -0.153. The Morgan fingerprint density at radius 3 is 2.74 bits per heavy atom. The zero-order valence-electron chi connectivity index (χ0n) is 13.0. The summed E-state index contributed by atoms with van der Waals surface area (Å²) in [6.45, 7) is 2.30. The van der Waals surface area contributed by atoms with Crippen LogP contribution in [0.15, 0.2) is 40.5 Å². The van der Waals surface area contributed by atoms with Crippen molar-refractivity contribution < 1.29 is 4.79 Å². The molecule has 0 spiro atoms. The molecule has 1 N–H and O–H groups in total. The molecule has 0 fully saturated rings. The number of benzene rings is 1. The van der Waals surface area contributed by atoms with E-state index in [-0.39, 0.29) is 18.0 Å². The summed E-state index contributed by atoms with van der Waals surface area (Å²) in [5.41, 5.74) is 2.66. The third-order valence-electron chi connectivity index (χ3n) is 3.65. The predicted molar refractivity (Wildman–Crippen MR) is 91.6 cm³/mol. The molecule has 0 aliphatic carbocycles. The van der Waals surface area contributed by atoms with Crippen LogP contribution >= 0.6 is 11.3 Å². The molecule has 0 aliphatic heterocycles.